The summed E-state index contributed by atoms with van der Waals surface area (Å²) in [6.07, 6.45) is -4.03. The normalized spacial score (nSPS) is 16.8. The van der Waals surface area contributed by atoms with E-state index in [1.807, 2.05) is 0 Å². The minimum absolute atomic E-state index is 0.0300. The Morgan fingerprint density at radius 3 is 2.44 bits per heavy atom. The van der Waals surface area contributed by atoms with Gasteiger partial charge in [0.15, 0.2) is 0 Å². The van der Waals surface area contributed by atoms with E-state index in [-0.39, 0.29) is 45.2 Å². The lowest BCUT2D eigenvalue weighted by molar-refractivity contribution is -0.158. The maximum Gasteiger partial charge on any atom is 0.417 e. The van der Waals surface area contributed by atoms with Crippen molar-refractivity contribution in [3.8, 4) is 11.1 Å². The Kier molecular flexibility index (Phi) is 7.58. The van der Waals surface area contributed by atoms with Crippen molar-refractivity contribution in [1.29, 1.82) is 0 Å². The van der Waals surface area contributed by atoms with Crippen LogP contribution in [0, 0.1) is 0 Å². The average Bonchev–Trinajstić information content (AvgIpc) is 3.47. The number of ether oxygens (including phenoxy) is 1. The topological polar surface area (TPSA) is 143 Å². The van der Waals surface area contributed by atoms with E-state index < -0.39 is 39.4 Å². The standard InChI is InChI=1S/C24H26ClF3N6O4S/c1-23(2,3)38-20(35)18-5-4-10-34(18)39(36,37)15-8-6-13(7-9-15)19-16(24(26,27)28)11-14(12-17(19)25)30-22-31-21(29)32-33-22/h6-9,11-12,18H,4-5,10H2,1-3H3,(H4,29,30,31,32,33)/t18-/m0/s1. The molecule has 10 nitrogen and oxygen atoms in total. The zero-order valence-corrected chi connectivity index (χ0v) is 22.7. The highest BCUT2D eigenvalue weighted by atomic mass is 35.5. The lowest BCUT2D eigenvalue weighted by Crippen LogP contribution is -2.43. The van der Waals surface area contributed by atoms with Crippen molar-refractivity contribution in [2.75, 3.05) is 17.6 Å². The molecule has 210 valence electrons. The van der Waals surface area contributed by atoms with E-state index in [1.165, 1.54) is 30.3 Å². The second-order valence-electron chi connectivity index (χ2n) is 9.88. The van der Waals surface area contributed by atoms with Crippen LogP contribution in [0.1, 0.15) is 39.2 Å². The van der Waals surface area contributed by atoms with E-state index in [9.17, 15) is 26.4 Å². The predicted octanol–water partition coefficient (Wildman–Crippen LogP) is 4.96. The number of nitrogens with one attached hydrogen (secondary N) is 2. The average molecular weight is 587 g/mol. The Labute approximate surface area is 227 Å². The number of nitrogen functional groups attached to an aromatic ring is 1. The van der Waals surface area contributed by atoms with E-state index in [0.717, 1.165) is 10.4 Å². The van der Waals surface area contributed by atoms with Crippen LogP contribution in [0.3, 0.4) is 0 Å². The first-order chi connectivity index (χ1) is 18.1. The number of nitrogens with zero attached hydrogens (tertiary/aromatic N) is 3. The van der Waals surface area contributed by atoms with Gasteiger partial charge in [0.25, 0.3) is 0 Å². The Morgan fingerprint density at radius 2 is 1.87 bits per heavy atom. The summed E-state index contributed by atoms with van der Waals surface area (Å²) in [4.78, 5) is 16.2. The van der Waals surface area contributed by atoms with Crippen LogP contribution in [0.15, 0.2) is 41.3 Å². The lowest BCUT2D eigenvalue weighted by Gasteiger charge is -2.27. The van der Waals surface area contributed by atoms with Gasteiger partial charge in [0.1, 0.15) is 11.6 Å². The number of hydrogen-bond acceptors (Lipinski definition) is 8. The molecule has 1 aliphatic rings. The molecular weight excluding hydrogens is 561 g/mol. The number of sulfonamides is 1. The molecule has 2 aromatic carbocycles. The Hall–Kier alpha value is -3.36. The summed E-state index contributed by atoms with van der Waals surface area (Å²) in [7, 11) is -4.14. The van der Waals surface area contributed by atoms with Crippen molar-refractivity contribution in [2.24, 2.45) is 0 Å². The number of aromatic nitrogens is 3. The molecule has 0 saturated carbocycles. The summed E-state index contributed by atoms with van der Waals surface area (Å²) in [5, 5.41) is 8.45. The summed E-state index contributed by atoms with van der Waals surface area (Å²) in [6.45, 7) is 5.17. The molecule has 1 atom stereocenters. The Morgan fingerprint density at radius 1 is 1.21 bits per heavy atom. The maximum atomic E-state index is 14.1. The second-order valence-corrected chi connectivity index (χ2v) is 12.2. The minimum atomic E-state index is -4.80. The van der Waals surface area contributed by atoms with E-state index in [2.05, 4.69) is 20.5 Å². The van der Waals surface area contributed by atoms with Gasteiger partial charge in [0.2, 0.25) is 21.9 Å². The molecule has 15 heteroatoms. The largest absolute Gasteiger partial charge is 0.459 e. The molecule has 4 N–H and O–H groups in total. The Balaban J connectivity index is 1.66. The smallest absolute Gasteiger partial charge is 0.417 e. The number of esters is 1. The lowest BCUT2D eigenvalue weighted by atomic mass is 9.98. The zero-order chi connectivity index (χ0) is 28.8. The van der Waals surface area contributed by atoms with Crippen LogP contribution >= 0.6 is 11.6 Å². The molecule has 0 aliphatic carbocycles. The molecule has 1 aromatic heterocycles. The number of halogens is 4. The highest BCUT2D eigenvalue weighted by Gasteiger charge is 2.41. The molecular formula is C24H26ClF3N6O4S. The van der Waals surface area contributed by atoms with E-state index in [1.54, 1.807) is 20.8 Å². The van der Waals surface area contributed by atoms with Gasteiger partial charge in [-0.05, 0) is 63.4 Å². The summed E-state index contributed by atoms with van der Waals surface area (Å²) in [5.74, 6) is -0.730. The van der Waals surface area contributed by atoms with Gasteiger partial charge >= 0.3 is 12.1 Å². The van der Waals surface area contributed by atoms with Crippen molar-refractivity contribution in [2.45, 2.75) is 56.3 Å². The molecule has 0 unspecified atom stereocenters. The maximum absolute atomic E-state index is 14.1. The number of aromatic amines is 1. The minimum Gasteiger partial charge on any atom is -0.459 e. The van der Waals surface area contributed by atoms with Gasteiger partial charge in [-0.25, -0.2) is 13.5 Å². The molecule has 0 radical (unpaired) electrons. The highest BCUT2D eigenvalue weighted by molar-refractivity contribution is 7.89. The van der Waals surface area contributed by atoms with Crippen LogP contribution in [0.4, 0.5) is 30.8 Å². The molecule has 0 spiro atoms. The third-order valence-corrected chi connectivity index (χ3v) is 8.01. The van der Waals surface area contributed by atoms with Gasteiger partial charge in [0.05, 0.1) is 15.5 Å². The fraction of sp³-hybridized carbons (Fsp3) is 0.375. The molecule has 0 bridgehead atoms. The van der Waals surface area contributed by atoms with Crippen LogP contribution in [-0.2, 0) is 25.7 Å². The first kappa shape index (κ1) is 28.6. The van der Waals surface area contributed by atoms with Crippen LogP contribution in [-0.4, -0.2) is 52.1 Å². The SMILES string of the molecule is CC(C)(C)OC(=O)[C@@H]1CCCN1S(=O)(=O)c1ccc(-c2c(Cl)cc(Nc3n[nH]c(N)n3)cc2C(F)(F)F)cc1. The third kappa shape index (κ3) is 6.28. The molecule has 0 amide bonds. The van der Waals surface area contributed by atoms with Crippen LogP contribution in [0.2, 0.25) is 5.02 Å². The molecule has 39 heavy (non-hydrogen) atoms. The van der Waals surface area contributed by atoms with Gasteiger partial charge < -0.3 is 15.8 Å². The zero-order valence-electron chi connectivity index (χ0n) is 21.1. The number of anilines is 3. The van der Waals surface area contributed by atoms with Crippen molar-refractivity contribution in [3.63, 3.8) is 0 Å². The molecule has 4 rings (SSSR count). The van der Waals surface area contributed by atoms with Crippen molar-refractivity contribution in [1.82, 2.24) is 19.5 Å². The number of hydrogen-bond donors (Lipinski definition) is 3. The predicted molar refractivity (Wildman–Crippen MR) is 139 cm³/mol. The number of benzene rings is 2. The second kappa shape index (κ2) is 10.3. The third-order valence-electron chi connectivity index (χ3n) is 5.79. The van der Waals surface area contributed by atoms with Crippen molar-refractivity contribution >= 4 is 45.2 Å². The van der Waals surface area contributed by atoms with E-state index in [4.69, 9.17) is 22.1 Å². The summed E-state index contributed by atoms with van der Waals surface area (Å²) >= 11 is 6.30. The van der Waals surface area contributed by atoms with Crippen molar-refractivity contribution in [3.05, 3.63) is 47.0 Å². The number of alkyl halides is 3. The van der Waals surface area contributed by atoms with Gasteiger partial charge in [-0.1, -0.05) is 23.7 Å². The number of carbonyl (C=O) groups is 1. The van der Waals surface area contributed by atoms with Gasteiger partial charge in [-0.3, -0.25) is 4.79 Å². The number of H-pyrrole nitrogens is 1. The van der Waals surface area contributed by atoms with E-state index >= 15 is 0 Å². The van der Waals surface area contributed by atoms with Crippen molar-refractivity contribution < 1.29 is 31.1 Å². The van der Waals surface area contributed by atoms with Crippen LogP contribution in [0.25, 0.3) is 11.1 Å². The van der Waals surface area contributed by atoms with Crippen LogP contribution in [0.5, 0.6) is 0 Å². The highest BCUT2D eigenvalue weighted by Crippen LogP contribution is 2.43. The fourth-order valence-electron chi connectivity index (χ4n) is 4.22. The molecule has 2 heterocycles. The van der Waals surface area contributed by atoms with Gasteiger partial charge in [-0.15, -0.1) is 5.10 Å². The fourth-order valence-corrected chi connectivity index (χ4v) is 6.19. The quantitative estimate of drug-likeness (QED) is 0.344. The molecule has 1 fully saturated rings. The number of rotatable bonds is 6. The summed E-state index contributed by atoms with van der Waals surface area (Å²) < 4.78 is 75.3. The first-order valence-electron chi connectivity index (χ1n) is 11.8. The molecule has 3 aromatic rings. The Bertz CT molecular complexity index is 1490. The van der Waals surface area contributed by atoms with Gasteiger partial charge in [0, 0.05) is 17.8 Å². The van der Waals surface area contributed by atoms with Crippen LogP contribution < -0.4 is 11.1 Å². The first-order valence-corrected chi connectivity index (χ1v) is 13.6. The van der Waals surface area contributed by atoms with Gasteiger partial charge in [-0.2, -0.15) is 22.5 Å². The molecule has 1 aliphatic heterocycles. The monoisotopic (exact) mass is 586 g/mol. The number of carbonyl (C=O) groups excluding carboxylic acids is 1. The number of nitrogens with two attached hydrogens (primary N) is 1. The summed E-state index contributed by atoms with van der Waals surface area (Å²) in [5.41, 5.74) is 3.28. The molecule has 1 saturated heterocycles. The van der Waals surface area contributed by atoms with E-state index in [0.29, 0.717) is 12.8 Å². The summed E-state index contributed by atoms with van der Waals surface area (Å²) in [6, 6.07) is 5.98.